The Hall–Kier alpha value is -1.75. The molecule has 0 unspecified atom stereocenters. The molecule has 3 nitrogen and oxygen atoms in total. The van der Waals surface area contributed by atoms with E-state index in [4.69, 9.17) is 21.1 Å². The normalized spacial score (nSPS) is 33.8. The zero-order valence-corrected chi connectivity index (χ0v) is 17.1. The molecular weight excluding hydrogens is 392 g/mol. The van der Waals surface area contributed by atoms with Crippen molar-refractivity contribution in [3.8, 4) is 0 Å². The monoisotopic (exact) mass is 412 g/mol. The van der Waals surface area contributed by atoms with E-state index in [2.05, 4.69) is 49.4 Å². The highest BCUT2D eigenvalue weighted by Gasteiger charge is 2.65. The summed E-state index contributed by atoms with van der Waals surface area (Å²) in [6.07, 6.45) is 2.26. The van der Waals surface area contributed by atoms with Crippen LogP contribution in [0.2, 0.25) is 0 Å². The van der Waals surface area contributed by atoms with E-state index >= 15 is 0 Å². The van der Waals surface area contributed by atoms with Gasteiger partial charge in [-0.3, -0.25) is 4.79 Å². The number of carbonyl (C=O) groups excluding carboxylic acids is 1. The van der Waals surface area contributed by atoms with Gasteiger partial charge in [0.2, 0.25) is 0 Å². The van der Waals surface area contributed by atoms with E-state index in [9.17, 15) is 4.79 Å². The fourth-order valence-electron chi connectivity index (χ4n) is 4.67. The zero-order chi connectivity index (χ0) is 19.3. The molecule has 2 fully saturated rings. The van der Waals surface area contributed by atoms with Crippen LogP contribution in [0.4, 0.5) is 0 Å². The molecule has 2 saturated heterocycles. The number of hydrogen-bond donors (Lipinski definition) is 0. The largest absolute Gasteiger partial charge is 0.445 e. The summed E-state index contributed by atoms with van der Waals surface area (Å²) in [5.74, 6) is -0.424. The molecule has 28 heavy (non-hydrogen) atoms. The molecule has 2 heterocycles. The Balaban J connectivity index is 1.67. The van der Waals surface area contributed by atoms with Crippen LogP contribution < -0.4 is 0 Å². The van der Waals surface area contributed by atoms with Crippen molar-refractivity contribution in [1.29, 1.82) is 0 Å². The fraction of sp³-hybridized carbons (Fsp3) is 0.348. The predicted octanol–water partition coefficient (Wildman–Crippen LogP) is 4.93. The van der Waals surface area contributed by atoms with Crippen molar-refractivity contribution in [2.45, 2.75) is 28.0 Å². The summed E-state index contributed by atoms with van der Waals surface area (Å²) in [4.78, 5) is 13.0. The van der Waals surface area contributed by atoms with Crippen molar-refractivity contribution < 1.29 is 14.3 Å². The number of rotatable bonds is 3. The summed E-state index contributed by atoms with van der Waals surface area (Å²) < 4.78 is 11.9. The second-order valence-corrected chi connectivity index (χ2v) is 9.52. The molecule has 144 valence electrons. The van der Waals surface area contributed by atoms with Crippen molar-refractivity contribution in [2.24, 2.45) is 11.8 Å². The maximum Gasteiger partial charge on any atom is 0.326 e. The molecule has 2 aliphatic heterocycles. The van der Waals surface area contributed by atoms with Crippen LogP contribution in [-0.4, -0.2) is 29.5 Å². The van der Waals surface area contributed by atoms with Gasteiger partial charge in [0.15, 0.2) is 4.93 Å². The summed E-state index contributed by atoms with van der Waals surface area (Å²) in [7, 11) is 0. The van der Waals surface area contributed by atoms with Crippen molar-refractivity contribution in [2.75, 3.05) is 13.2 Å². The molecule has 0 saturated carbocycles. The van der Waals surface area contributed by atoms with Crippen molar-refractivity contribution in [1.82, 2.24) is 0 Å². The molecule has 0 amide bonds. The second-order valence-electron chi connectivity index (χ2n) is 7.74. The van der Waals surface area contributed by atoms with Gasteiger partial charge in [-0.25, -0.2) is 0 Å². The van der Waals surface area contributed by atoms with Crippen LogP contribution in [0.15, 0.2) is 71.1 Å². The van der Waals surface area contributed by atoms with E-state index in [1.807, 2.05) is 18.2 Å². The highest BCUT2D eigenvalue weighted by molar-refractivity contribution is 8.00. The first-order valence-electron chi connectivity index (χ1n) is 9.54. The number of fused-ring (bicyclic) bond motifs is 3. The van der Waals surface area contributed by atoms with E-state index in [0.29, 0.717) is 13.2 Å². The third-order valence-corrected chi connectivity index (χ3v) is 7.90. The summed E-state index contributed by atoms with van der Waals surface area (Å²) in [5.41, 5.74) is 3.57. The number of aryl methyl sites for hydroxylation is 1. The first kappa shape index (κ1) is 18.3. The maximum atomic E-state index is 12.7. The van der Waals surface area contributed by atoms with E-state index in [1.165, 1.54) is 11.1 Å². The van der Waals surface area contributed by atoms with Gasteiger partial charge in [-0.2, -0.15) is 0 Å². The molecule has 5 heteroatoms. The van der Waals surface area contributed by atoms with Gasteiger partial charge in [0, 0.05) is 16.7 Å². The van der Waals surface area contributed by atoms with E-state index < -0.39 is 10.3 Å². The number of thioether (sulfide) groups is 1. The van der Waals surface area contributed by atoms with Gasteiger partial charge in [-0.15, -0.1) is 11.6 Å². The van der Waals surface area contributed by atoms with Gasteiger partial charge in [-0.1, -0.05) is 65.9 Å². The first-order valence-corrected chi connectivity index (χ1v) is 10.8. The lowest BCUT2D eigenvalue weighted by molar-refractivity contribution is -0.143. The van der Waals surface area contributed by atoms with Crippen LogP contribution in [-0.2, 0) is 14.3 Å². The van der Waals surface area contributed by atoms with Gasteiger partial charge in [-0.05, 0) is 30.2 Å². The topological polar surface area (TPSA) is 35.5 Å². The summed E-state index contributed by atoms with van der Waals surface area (Å²) in [5, 5.41) is -0.667. The van der Waals surface area contributed by atoms with Crippen LogP contribution in [0.1, 0.15) is 17.0 Å². The SMILES string of the molecule is Cc1ccc(S[C@@]23OC(=O)[C@@H](Cl)[C@@H]2[C@H]2COCC2=C[C@H]3c2ccccc2)cc1. The number of halogens is 1. The number of esters is 1. The minimum absolute atomic E-state index is 0.0781. The van der Waals surface area contributed by atoms with Crippen LogP contribution in [0.25, 0.3) is 0 Å². The molecule has 2 aromatic carbocycles. The highest BCUT2D eigenvalue weighted by atomic mass is 35.5. The quantitative estimate of drug-likeness (QED) is 0.406. The summed E-state index contributed by atoms with van der Waals surface area (Å²) in [6.45, 7) is 3.26. The highest BCUT2D eigenvalue weighted by Crippen LogP contribution is 2.62. The second kappa shape index (κ2) is 6.94. The summed E-state index contributed by atoms with van der Waals surface area (Å²) in [6, 6.07) is 18.6. The fourth-order valence-corrected chi connectivity index (χ4v) is 6.69. The molecule has 0 N–H and O–H groups in total. The molecule has 0 radical (unpaired) electrons. The minimum Gasteiger partial charge on any atom is -0.445 e. The molecule has 2 aromatic rings. The van der Waals surface area contributed by atoms with Gasteiger partial charge < -0.3 is 9.47 Å². The molecule has 5 atom stereocenters. The lowest BCUT2D eigenvalue weighted by Crippen LogP contribution is -2.47. The molecular formula is C23H21ClO3S. The molecule has 0 spiro atoms. The smallest absolute Gasteiger partial charge is 0.326 e. The van der Waals surface area contributed by atoms with Gasteiger partial charge in [0.05, 0.1) is 19.1 Å². The van der Waals surface area contributed by atoms with Crippen molar-refractivity contribution >= 4 is 29.3 Å². The Morgan fingerprint density at radius 1 is 1.11 bits per heavy atom. The van der Waals surface area contributed by atoms with Gasteiger partial charge in [0.1, 0.15) is 5.38 Å². The van der Waals surface area contributed by atoms with Crippen molar-refractivity contribution in [3.63, 3.8) is 0 Å². The minimum atomic E-state index is -0.776. The average molecular weight is 413 g/mol. The Morgan fingerprint density at radius 2 is 1.86 bits per heavy atom. The number of hydrogen-bond acceptors (Lipinski definition) is 4. The standard InChI is InChI=1S/C23H21ClO3S/c1-14-7-9-17(10-8-14)28-23-19(15-5-3-2-4-6-15)11-16-12-26-13-18(16)20(23)21(24)22(25)27-23/h2-11,18-21H,12-13H2,1H3/t18-,19-,20-,21-,23+/m0/s1. The predicted molar refractivity (Wildman–Crippen MR) is 111 cm³/mol. The Kier molecular flexibility index (Phi) is 4.53. The Bertz CT molecular complexity index is 927. The number of alkyl halides is 1. The maximum absolute atomic E-state index is 12.7. The number of ether oxygens (including phenoxy) is 2. The molecule has 5 rings (SSSR count). The summed E-state index contributed by atoms with van der Waals surface area (Å²) >= 11 is 8.29. The van der Waals surface area contributed by atoms with Crippen LogP contribution >= 0.6 is 23.4 Å². The molecule has 1 aliphatic carbocycles. The lowest BCUT2D eigenvalue weighted by atomic mass is 9.70. The van der Waals surface area contributed by atoms with Crippen molar-refractivity contribution in [3.05, 3.63) is 77.4 Å². The zero-order valence-electron chi connectivity index (χ0n) is 15.5. The third-order valence-electron chi connectivity index (χ3n) is 6.01. The Morgan fingerprint density at radius 3 is 2.61 bits per heavy atom. The molecule has 0 aromatic heterocycles. The Labute approximate surface area is 174 Å². The van der Waals surface area contributed by atoms with Crippen LogP contribution in [0, 0.1) is 18.8 Å². The lowest BCUT2D eigenvalue weighted by Gasteiger charge is -2.44. The van der Waals surface area contributed by atoms with E-state index in [0.717, 1.165) is 10.5 Å². The first-order chi connectivity index (χ1) is 13.6. The van der Waals surface area contributed by atoms with Gasteiger partial charge >= 0.3 is 5.97 Å². The molecule has 0 bridgehead atoms. The van der Waals surface area contributed by atoms with E-state index in [1.54, 1.807) is 11.8 Å². The number of benzene rings is 2. The molecule has 3 aliphatic rings. The van der Waals surface area contributed by atoms with Crippen LogP contribution in [0.5, 0.6) is 0 Å². The van der Waals surface area contributed by atoms with E-state index in [-0.39, 0.29) is 23.7 Å². The van der Waals surface area contributed by atoms with Gasteiger partial charge in [0.25, 0.3) is 0 Å². The number of carbonyl (C=O) groups is 1. The third kappa shape index (κ3) is 2.81. The average Bonchev–Trinajstić information content (AvgIpc) is 3.26. The van der Waals surface area contributed by atoms with Crippen LogP contribution in [0.3, 0.4) is 0 Å².